The highest BCUT2D eigenvalue weighted by Crippen LogP contribution is 2.11. The molecule has 0 radical (unpaired) electrons. The first-order chi connectivity index (χ1) is 8.19. The van der Waals surface area contributed by atoms with E-state index in [9.17, 15) is 0 Å². The second kappa shape index (κ2) is 5.10. The van der Waals surface area contributed by atoms with Gasteiger partial charge in [-0.15, -0.1) is 0 Å². The Kier molecular flexibility index (Phi) is 3.54. The molecule has 0 fully saturated rings. The van der Waals surface area contributed by atoms with Crippen LogP contribution in [0.15, 0.2) is 30.7 Å². The maximum absolute atomic E-state index is 9.02. The molecule has 2 rings (SSSR count). The number of aliphatic hydroxyl groups is 1. The van der Waals surface area contributed by atoms with Gasteiger partial charge in [0, 0.05) is 6.20 Å². The van der Waals surface area contributed by atoms with Crippen molar-refractivity contribution in [2.45, 2.75) is 32.9 Å². The van der Waals surface area contributed by atoms with Crippen molar-refractivity contribution in [3.63, 3.8) is 0 Å². The van der Waals surface area contributed by atoms with Crippen molar-refractivity contribution in [1.29, 1.82) is 0 Å². The Morgan fingerprint density at radius 3 is 2.71 bits per heavy atom. The second-order valence-electron chi connectivity index (χ2n) is 4.40. The number of imidazole rings is 1. The van der Waals surface area contributed by atoms with Gasteiger partial charge in [0.1, 0.15) is 0 Å². The Morgan fingerprint density at radius 1 is 1.29 bits per heavy atom. The van der Waals surface area contributed by atoms with E-state index in [4.69, 9.17) is 5.11 Å². The van der Waals surface area contributed by atoms with Gasteiger partial charge in [0.05, 0.1) is 36.6 Å². The van der Waals surface area contributed by atoms with E-state index in [0.717, 1.165) is 11.4 Å². The zero-order valence-electron chi connectivity index (χ0n) is 10.2. The average molecular weight is 231 g/mol. The van der Waals surface area contributed by atoms with Crippen molar-refractivity contribution in [2.24, 2.45) is 0 Å². The van der Waals surface area contributed by atoms with E-state index in [1.54, 1.807) is 0 Å². The van der Waals surface area contributed by atoms with Gasteiger partial charge in [-0.3, -0.25) is 4.98 Å². The largest absolute Gasteiger partial charge is 0.390 e. The molecule has 2 aromatic heterocycles. The van der Waals surface area contributed by atoms with Crippen LogP contribution in [-0.2, 0) is 13.2 Å². The maximum atomic E-state index is 9.02. The number of pyridine rings is 1. The Hall–Kier alpha value is -1.68. The number of hydrogen-bond donors (Lipinski definition) is 1. The fourth-order valence-electron chi connectivity index (χ4n) is 1.65. The summed E-state index contributed by atoms with van der Waals surface area (Å²) in [6.07, 6.45) is 3.86. The van der Waals surface area contributed by atoms with Crippen LogP contribution in [0.3, 0.4) is 0 Å². The van der Waals surface area contributed by atoms with Crippen molar-refractivity contribution in [3.8, 4) is 0 Å². The first kappa shape index (κ1) is 11.8. The number of nitrogens with zero attached hydrogens (tertiary/aromatic N) is 3. The number of aliphatic hydroxyl groups excluding tert-OH is 1. The lowest BCUT2D eigenvalue weighted by atomic mass is 10.2. The predicted molar refractivity (Wildman–Crippen MR) is 65.6 cm³/mol. The quantitative estimate of drug-likeness (QED) is 0.875. The van der Waals surface area contributed by atoms with Gasteiger partial charge < -0.3 is 9.67 Å². The van der Waals surface area contributed by atoms with Gasteiger partial charge in [-0.05, 0) is 18.1 Å². The minimum Gasteiger partial charge on any atom is -0.390 e. The zero-order chi connectivity index (χ0) is 12.3. The third-order valence-electron chi connectivity index (χ3n) is 2.62. The highest BCUT2D eigenvalue weighted by atomic mass is 16.3. The predicted octanol–water partition coefficient (Wildman–Crippen LogP) is 1.94. The van der Waals surface area contributed by atoms with Gasteiger partial charge in [0.2, 0.25) is 0 Å². The third kappa shape index (κ3) is 2.91. The molecular formula is C13H17N3O. The average Bonchev–Trinajstić information content (AvgIpc) is 2.78. The van der Waals surface area contributed by atoms with E-state index in [-0.39, 0.29) is 6.61 Å². The Balaban J connectivity index is 2.13. The van der Waals surface area contributed by atoms with Crippen LogP contribution in [0.1, 0.15) is 36.8 Å². The SMILES string of the molecule is CC(C)c1cn(Cc2cccc(CO)n2)cn1. The lowest BCUT2D eigenvalue weighted by Gasteiger charge is -2.03. The Labute approximate surface area is 101 Å². The third-order valence-corrected chi connectivity index (χ3v) is 2.62. The lowest BCUT2D eigenvalue weighted by Crippen LogP contribution is -2.01. The molecule has 0 bridgehead atoms. The zero-order valence-corrected chi connectivity index (χ0v) is 10.2. The summed E-state index contributed by atoms with van der Waals surface area (Å²) in [5, 5.41) is 9.02. The Bertz CT molecular complexity index is 491. The summed E-state index contributed by atoms with van der Waals surface area (Å²) in [6.45, 7) is 4.91. The molecule has 90 valence electrons. The van der Waals surface area contributed by atoms with Crippen LogP contribution in [-0.4, -0.2) is 19.6 Å². The topological polar surface area (TPSA) is 50.9 Å². The molecule has 0 aliphatic carbocycles. The fraction of sp³-hybridized carbons (Fsp3) is 0.385. The van der Waals surface area contributed by atoms with Gasteiger partial charge in [-0.1, -0.05) is 19.9 Å². The van der Waals surface area contributed by atoms with Gasteiger partial charge >= 0.3 is 0 Å². The van der Waals surface area contributed by atoms with Crippen LogP contribution in [0.4, 0.5) is 0 Å². The van der Waals surface area contributed by atoms with Crippen molar-refractivity contribution in [2.75, 3.05) is 0 Å². The van der Waals surface area contributed by atoms with Crippen LogP contribution < -0.4 is 0 Å². The van der Waals surface area contributed by atoms with Crippen molar-refractivity contribution in [1.82, 2.24) is 14.5 Å². The molecule has 2 aromatic rings. The Morgan fingerprint density at radius 2 is 2.06 bits per heavy atom. The molecule has 4 heteroatoms. The molecule has 0 amide bonds. The second-order valence-corrected chi connectivity index (χ2v) is 4.40. The first-order valence-corrected chi connectivity index (χ1v) is 5.76. The standard InChI is InChI=1S/C13H17N3O/c1-10(2)13-7-16(9-14-13)6-11-4-3-5-12(8-17)15-11/h3-5,7,9-10,17H,6,8H2,1-2H3. The van der Waals surface area contributed by atoms with Gasteiger partial charge in [0.15, 0.2) is 0 Å². The van der Waals surface area contributed by atoms with E-state index >= 15 is 0 Å². The summed E-state index contributed by atoms with van der Waals surface area (Å²) < 4.78 is 2.01. The highest BCUT2D eigenvalue weighted by molar-refractivity contribution is 5.12. The van der Waals surface area contributed by atoms with Crippen LogP contribution in [0, 0.1) is 0 Å². The van der Waals surface area contributed by atoms with Gasteiger partial charge in [-0.2, -0.15) is 0 Å². The molecule has 0 atom stereocenters. The minimum absolute atomic E-state index is 0.0188. The summed E-state index contributed by atoms with van der Waals surface area (Å²) in [5.74, 6) is 0.438. The monoisotopic (exact) mass is 231 g/mol. The number of rotatable bonds is 4. The molecule has 1 N–H and O–H groups in total. The molecule has 0 aliphatic heterocycles. The van der Waals surface area contributed by atoms with Crippen LogP contribution in [0.2, 0.25) is 0 Å². The van der Waals surface area contributed by atoms with Crippen LogP contribution >= 0.6 is 0 Å². The van der Waals surface area contributed by atoms with E-state index in [1.165, 1.54) is 0 Å². The molecule has 0 aliphatic rings. The number of hydrogen-bond acceptors (Lipinski definition) is 3. The van der Waals surface area contributed by atoms with Crippen molar-refractivity contribution in [3.05, 3.63) is 47.8 Å². The van der Waals surface area contributed by atoms with E-state index < -0.39 is 0 Å². The smallest absolute Gasteiger partial charge is 0.0953 e. The van der Waals surface area contributed by atoms with Crippen LogP contribution in [0.5, 0.6) is 0 Å². The number of aromatic nitrogens is 3. The lowest BCUT2D eigenvalue weighted by molar-refractivity contribution is 0.276. The molecule has 4 nitrogen and oxygen atoms in total. The maximum Gasteiger partial charge on any atom is 0.0953 e. The highest BCUT2D eigenvalue weighted by Gasteiger charge is 2.04. The molecule has 0 aromatic carbocycles. The van der Waals surface area contributed by atoms with Gasteiger partial charge in [0.25, 0.3) is 0 Å². The molecule has 0 saturated heterocycles. The molecular weight excluding hydrogens is 214 g/mol. The fourth-order valence-corrected chi connectivity index (χ4v) is 1.65. The minimum atomic E-state index is -0.0188. The summed E-state index contributed by atoms with van der Waals surface area (Å²) in [6, 6.07) is 5.68. The summed E-state index contributed by atoms with van der Waals surface area (Å²) >= 11 is 0. The van der Waals surface area contributed by atoms with E-state index in [0.29, 0.717) is 18.2 Å². The van der Waals surface area contributed by atoms with Crippen molar-refractivity contribution < 1.29 is 5.11 Å². The normalized spacial score (nSPS) is 11.1. The van der Waals surface area contributed by atoms with Crippen molar-refractivity contribution >= 4 is 0 Å². The van der Waals surface area contributed by atoms with E-state index in [2.05, 4.69) is 23.8 Å². The molecule has 2 heterocycles. The summed E-state index contributed by atoms with van der Waals surface area (Å²) in [7, 11) is 0. The molecule has 0 unspecified atom stereocenters. The molecule has 0 saturated carbocycles. The molecule has 17 heavy (non-hydrogen) atoms. The van der Waals surface area contributed by atoms with E-state index in [1.807, 2.05) is 35.3 Å². The molecule has 0 spiro atoms. The van der Waals surface area contributed by atoms with Crippen LogP contribution in [0.25, 0.3) is 0 Å². The van der Waals surface area contributed by atoms with Gasteiger partial charge in [-0.25, -0.2) is 4.98 Å². The first-order valence-electron chi connectivity index (χ1n) is 5.76. The summed E-state index contributed by atoms with van der Waals surface area (Å²) in [4.78, 5) is 8.68. The summed E-state index contributed by atoms with van der Waals surface area (Å²) in [5.41, 5.74) is 2.72.